The summed E-state index contributed by atoms with van der Waals surface area (Å²) < 4.78 is 64.6. The number of ketones is 1. The lowest BCUT2D eigenvalue weighted by Crippen LogP contribution is -2.31. The first-order chi connectivity index (χ1) is 16.3. The lowest BCUT2D eigenvalue weighted by Gasteiger charge is -2.24. The predicted molar refractivity (Wildman–Crippen MR) is 130 cm³/mol. The minimum absolute atomic E-state index is 0.0298. The van der Waals surface area contributed by atoms with E-state index in [9.17, 15) is 26.4 Å². The number of fused-ring (bicyclic) bond motifs is 1. The van der Waals surface area contributed by atoms with Crippen LogP contribution in [0.25, 0.3) is 22.0 Å². The Labute approximate surface area is 202 Å². The van der Waals surface area contributed by atoms with Gasteiger partial charge >= 0.3 is 6.18 Å². The second-order valence-corrected chi connectivity index (χ2v) is 11.1. The minimum Gasteiger partial charge on any atom is -0.368 e. The molecule has 6 nitrogen and oxygen atoms in total. The van der Waals surface area contributed by atoms with Crippen LogP contribution in [-0.2, 0) is 9.84 Å². The van der Waals surface area contributed by atoms with Crippen LogP contribution in [0.3, 0.4) is 0 Å². The summed E-state index contributed by atoms with van der Waals surface area (Å²) in [5.41, 5.74) is 1.14. The topological polar surface area (TPSA) is 70.6 Å². The van der Waals surface area contributed by atoms with Gasteiger partial charge in [-0.25, -0.2) is 8.42 Å². The van der Waals surface area contributed by atoms with Gasteiger partial charge in [-0.1, -0.05) is 24.3 Å². The number of carbonyl (C=O) groups is 1. The average molecular weight is 506 g/mol. The van der Waals surface area contributed by atoms with Crippen LogP contribution >= 0.6 is 0 Å². The fourth-order valence-corrected chi connectivity index (χ4v) is 5.25. The molecule has 0 radical (unpaired) electrons. The number of hydrogen-bond acceptors (Lipinski definition) is 6. The summed E-state index contributed by atoms with van der Waals surface area (Å²) in [4.78, 5) is 21.4. The number of sulfone groups is 1. The number of aromatic nitrogens is 1. The van der Waals surface area contributed by atoms with Crippen LogP contribution in [0, 0.1) is 6.92 Å². The number of anilines is 1. The number of para-hydroxylation sites is 1. The largest absolute Gasteiger partial charge is 0.454 e. The quantitative estimate of drug-likeness (QED) is 0.476. The molecule has 10 heteroatoms. The van der Waals surface area contributed by atoms with Gasteiger partial charge in [-0.3, -0.25) is 9.78 Å². The molecule has 1 aliphatic rings. The molecule has 3 aromatic rings. The van der Waals surface area contributed by atoms with Crippen LogP contribution in [0.15, 0.2) is 47.4 Å². The zero-order valence-electron chi connectivity index (χ0n) is 19.8. The van der Waals surface area contributed by atoms with Crippen molar-refractivity contribution in [2.24, 2.45) is 0 Å². The zero-order valence-corrected chi connectivity index (χ0v) is 20.7. The Hall–Kier alpha value is -2.98. The van der Waals surface area contributed by atoms with Gasteiger partial charge in [0, 0.05) is 42.0 Å². The van der Waals surface area contributed by atoms with Crippen molar-refractivity contribution < 1.29 is 26.4 Å². The van der Waals surface area contributed by atoms with Crippen LogP contribution < -0.4 is 4.90 Å². The summed E-state index contributed by atoms with van der Waals surface area (Å²) in [5.74, 6) is -1.98. The van der Waals surface area contributed by atoms with E-state index >= 15 is 0 Å². The monoisotopic (exact) mass is 505 g/mol. The maximum atomic E-state index is 13.6. The fraction of sp³-hybridized carbons (Fsp3) is 0.360. The first kappa shape index (κ1) is 25.1. The van der Waals surface area contributed by atoms with Crippen molar-refractivity contribution in [2.75, 3.05) is 38.3 Å². The van der Waals surface area contributed by atoms with Crippen LogP contribution in [0.1, 0.15) is 22.5 Å². The zero-order chi connectivity index (χ0) is 25.7. The predicted octanol–water partition coefficient (Wildman–Crippen LogP) is 4.50. The number of likely N-dealkylation sites (N-methyl/N-ethyl adjacent to an activating group) is 1. The Morgan fingerprint density at radius 1 is 1.11 bits per heavy atom. The number of carbonyl (C=O) groups excluding carboxylic acids is 1. The molecule has 0 bridgehead atoms. The highest BCUT2D eigenvalue weighted by Crippen LogP contribution is 2.40. The van der Waals surface area contributed by atoms with E-state index < -0.39 is 27.4 Å². The summed E-state index contributed by atoms with van der Waals surface area (Å²) in [5, 5.41) is 0.404. The number of halogens is 3. The number of alkyl halides is 3. The number of Topliss-reactive ketones (excluding diaryl/α,β-unsaturated/α-hetero) is 1. The van der Waals surface area contributed by atoms with E-state index in [0.717, 1.165) is 31.5 Å². The van der Waals surface area contributed by atoms with Gasteiger partial charge in [-0.05, 0) is 51.2 Å². The summed E-state index contributed by atoms with van der Waals surface area (Å²) >= 11 is 0. The highest BCUT2D eigenvalue weighted by Gasteiger charge is 2.42. The van der Waals surface area contributed by atoms with Crippen molar-refractivity contribution in [3.8, 4) is 11.1 Å². The van der Waals surface area contributed by atoms with Gasteiger partial charge in [0.2, 0.25) is 0 Å². The van der Waals surface area contributed by atoms with Crippen LogP contribution in [-0.4, -0.2) is 69.7 Å². The van der Waals surface area contributed by atoms with Crippen molar-refractivity contribution in [1.29, 1.82) is 0 Å². The second kappa shape index (κ2) is 8.91. The van der Waals surface area contributed by atoms with Crippen LogP contribution in [0.5, 0.6) is 0 Å². The van der Waals surface area contributed by atoms with Crippen molar-refractivity contribution in [1.82, 2.24) is 9.88 Å². The van der Waals surface area contributed by atoms with Gasteiger partial charge in [0.05, 0.1) is 21.7 Å². The Morgan fingerprint density at radius 3 is 2.31 bits per heavy atom. The summed E-state index contributed by atoms with van der Waals surface area (Å²) in [6, 6.07) is 11.1. The molecule has 1 aliphatic heterocycles. The Bertz CT molecular complexity index is 1400. The van der Waals surface area contributed by atoms with Gasteiger partial charge in [-0.15, -0.1) is 0 Å². The molecule has 1 atom stereocenters. The van der Waals surface area contributed by atoms with Gasteiger partial charge in [0.15, 0.2) is 9.84 Å². The number of aryl methyl sites for hydroxylation is 1. The molecule has 2 aromatic carbocycles. The molecule has 35 heavy (non-hydrogen) atoms. The Balaban J connectivity index is 1.99. The second-order valence-electron chi connectivity index (χ2n) is 9.10. The molecule has 1 saturated heterocycles. The van der Waals surface area contributed by atoms with Gasteiger partial charge in [0.25, 0.3) is 5.78 Å². The summed E-state index contributed by atoms with van der Waals surface area (Å²) in [6.45, 7) is 2.91. The maximum Gasteiger partial charge on any atom is 0.454 e. The first-order valence-electron chi connectivity index (χ1n) is 11.1. The van der Waals surface area contributed by atoms with Crippen molar-refractivity contribution in [2.45, 2.75) is 30.5 Å². The third kappa shape index (κ3) is 4.77. The molecule has 4 rings (SSSR count). The van der Waals surface area contributed by atoms with E-state index in [1.54, 1.807) is 12.1 Å². The molecule has 1 fully saturated rings. The lowest BCUT2D eigenvalue weighted by molar-refractivity contribution is -0.0885. The third-order valence-corrected chi connectivity index (χ3v) is 7.59. The summed E-state index contributed by atoms with van der Waals surface area (Å²) in [6.07, 6.45) is -3.10. The van der Waals surface area contributed by atoms with Gasteiger partial charge in [-0.2, -0.15) is 13.2 Å². The molecule has 1 aromatic heterocycles. The number of hydrogen-bond donors (Lipinski definition) is 0. The van der Waals surface area contributed by atoms with E-state index in [2.05, 4.69) is 14.8 Å². The van der Waals surface area contributed by atoms with E-state index in [0.29, 0.717) is 22.5 Å². The summed E-state index contributed by atoms with van der Waals surface area (Å²) in [7, 11) is 0.512. The van der Waals surface area contributed by atoms with Crippen molar-refractivity contribution in [3.63, 3.8) is 0 Å². The van der Waals surface area contributed by atoms with E-state index in [1.807, 2.05) is 20.2 Å². The van der Waals surface area contributed by atoms with E-state index in [-0.39, 0.29) is 16.2 Å². The number of benzene rings is 2. The SMILES string of the molecule is Cc1nc2c(N3CCC(N(C)C)C3)cccc2c(-c2ccc(S(C)(=O)=O)cc2)c1C(=O)C(F)(F)F. The van der Waals surface area contributed by atoms with Crippen molar-refractivity contribution >= 4 is 32.2 Å². The fourth-order valence-electron chi connectivity index (χ4n) is 4.62. The number of rotatable bonds is 5. The molecule has 0 spiro atoms. The molecule has 0 aliphatic carbocycles. The molecular formula is C25H26F3N3O3S. The molecule has 186 valence electrons. The third-order valence-electron chi connectivity index (χ3n) is 6.47. The molecule has 1 unspecified atom stereocenters. The highest BCUT2D eigenvalue weighted by atomic mass is 32.2. The van der Waals surface area contributed by atoms with E-state index in [1.165, 1.54) is 31.2 Å². The lowest BCUT2D eigenvalue weighted by atomic mass is 9.91. The molecule has 0 amide bonds. The maximum absolute atomic E-state index is 13.6. The number of pyridine rings is 1. The normalized spacial score (nSPS) is 16.9. The smallest absolute Gasteiger partial charge is 0.368 e. The molecular weight excluding hydrogens is 479 g/mol. The molecule has 0 N–H and O–H groups in total. The molecule has 0 saturated carbocycles. The highest BCUT2D eigenvalue weighted by molar-refractivity contribution is 7.90. The standard InChI is InChI=1S/C25H26F3N3O3S/c1-15-21(24(32)25(26,27)28)22(16-8-10-18(11-9-16)35(4,33)34)19-6-5-7-20(23(19)29-15)31-13-12-17(14-31)30(2)3/h5-11,17H,12-14H2,1-4H3. The number of nitrogens with zero attached hydrogens (tertiary/aromatic N) is 3. The van der Waals surface area contributed by atoms with Gasteiger partial charge in [0.1, 0.15) is 0 Å². The van der Waals surface area contributed by atoms with Crippen LogP contribution in [0.2, 0.25) is 0 Å². The van der Waals surface area contributed by atoms with Crippen molar-refractivity contribution in [3.05, 3.63) is 53.7 Å². The van der Waals surface area contributed by atoms with Crippen LogP contribution in [0.4, 0.5) is 18.9 Å². The average Bonchev–Trinajstić information content (AvgIpc) is 3.27. The Morgan fingerprint density at radius 2 is 1.77 bits per heavy atom. The van der Waals surface area contributed by atoms with E-state index in [4.69, 9.17) is 0 Å². The first-order valence-corrected chi connectivity index (χ1v) is 12.9. The minimum atomic E-state index is -5.09. The Kier molecular flexibility index (Phi) is 6.39. The molecule has 2 heterocycles. The van der Waals surface area contributed by atoms with Gasteiger partial charge < -0.3 is 9.80 Å².